The molecule has 6 nitrogen and oxygen atoms in total. The van der Waals surface area contributed by atoms with Crippen LogP contribution in [-0.2, 0) is 11.3 Å². The van der Waals surface area contributed by atoms with E-state index in [1.54, 1.807) is 60.2 Å². The van der Waals surface area contributed by atoms with Gasteiger partial charge in [0.1, 0.15) is 12.3 Å². The maximum absolute atomic E-state index is 13.1. The Morgan fingerprint density at radius 1 is 1.00 bits per heavy atom. The standard InChI is InChI=1S/C26H21ClN2O4/c1-16-3-5-17(6-4-16)25(31)22-14-29(23-12-7-18(27)13-21(23)26(22)32)15-24(30)28-19-8-10-20(33-2)11-9-19/h3-14H,15H2,1-2H3,(H,28,30). The molecular formula is C26H21ClN2O4. The van der Waals surface area contributed by atoms with E-state index in [0.29, 0.717) is 27.5 Å². The van der Waals surface area contributed by atoms with E-state index in [0.717, 1.165) is 5.56 Å². The summed E-state index contributed by atoms with van der Waals surface area (Å²) in [6, 6.07) is 18.7. The Balaban J connectivity index is 1.72. The number of aromatic nitrogens is 1. The second kappa shape index (κ2) is 9.30. The number of benzene rings is 3. The van der Waals surface area contributed by atoms with Crippen molar-refractivity contribution in [1.29, 1.82) is 0 Å². The Morgan fingerprint density at radius 3 is 2.36 bits per heavy atom. The van der Waals surface area contributed by atoms with E-state index >= 15 is 0 Å². The molecule has 0 atom stereocenters. The first kappa shape index (κ1) is 22.3. The number of carbonyl (C=O) groups excluding carboxylic acids is 2. The molecule has 0 aliphatic heterocycles. The fourth-order valence-corrected chi connectivity index (χ4v) is 3.72. The van der Waals surface area contributed by atoms with Crippen molar-refractivity contribution in [3.63, 3.8) is 0 Å². The van der Waals surface area contributed by atoms with Gasteiger partial charge in [0.15, 0.2) is 5.78 Å². The number of hydrogen-bond donors (Lipinski definition) is 1. The number of carbonyl (C=O) groups is 2. The first-order valence-corrected chi connectivity index (χ1v) is 10.6. The van der Waals surface area contributed by atoms with Gasteiger partial charge in [0.25, 0.3) is 0 Å². The number of rotatable bonds is 6. The second-order valence-electron chi connectivity index (χ2n) is 7.63. The molecule has 0 unspecified atom stereocenters. The molecule has 0 saturated carbocycles. The van der Waals surface area contributed by atoms with Crippen LogP contribution in [0.3, 0.4) is 0 Å². The first-order chi connectivity index (χ1) is 15.9. The summed E-state index contributed by atoms with van der Waals surface area (Å²) < 4.78 is 6.72. The molecule has 3 aromatic carbocycles. The summed E-state index contributed by atoms with van der Waals surface area (Å²) in [5, 5.41) is 3.46. The molecule has 1 N–H and O–H groups in total. The van der Waals surface area contributed by atoms with Crippen molar-refractivity contribution in [2.75, 3.05) is 12.4 Å². The summed E-state index contributed by atoms with van der Waals surface area (Å²) in [5.41, 5.74) is 2.06. The summed E-state index contributed by atoms with van der Waals surface area (Å²) in [6.07, 6.45) is 1.44. The average molecular weight is 461 g/mol. The SMILES string of the molecule is COc1ccc(NC(=O)Cn2cc(C(=O)c3ccc(C)cc3)c(=O)c3cc(Cl)ccc32)cc1. The largest absolute Gasteiger partial charge is 0.497 e. The highest BCUT2D eigenvalue weighted by Crippen LogP contribution is 2.20. The van der Waals surface area contributed by atoms with Gasteiger partial charge in [0, 0.05) is 27.9 Å². The number of nitrogens with zero attached hydrogens (tertiary/aromatic N) is 1. The van der Waals surface area contributed by atoms with Gasteiger partial charge in [-0.3, -0.25) is 14.4 Å². The van der Waals surface area contributed by atoms with Crippen LogP contribution in [-0.4, -0.2) is 23.4 Å². The molecule has 166 valence electrons. The van der Waals surface area contributed by atoms with Crippen LogP contribution in [0, 0.1) is 6.92 Å². The molecule has 33 heavy (non-hydrogen) atoms. The predicted molar refractivity (Wildman–Crippen MR) is 129 cm³/mol. The number of methoxy groups -OCH3 is 1. The van der Waals surface area contributed by atoms with E-state index in [-0.39, 0.29) is 23.4 Å². The molecule has 4 aromatic rings. The molecule has 1 aromatic heterocycles. The quantitative estimate of drug-likeness (QED) is 0.417. The van der Waals surface area contributed by atoms with Crippen LogP contribution in [0.15, 0.2) is 77.7 Å². The van der Waals surface area contributed by atoms with E-state index < -0.39 is 11.2 Å². The van der Waals surface area contributed by atoms with Gasteiger partial charge in [-0.1, -0.05) is 41.4 Å². The van der Waals surface area contributed by atoms with E-state index in [2.05, 4.69) is 5.32 Å². The minimum atomic E-state index is -0.426. The van der Waals surface area contributed by atoms with Crippen LogP contribution in [0.4, 0.5) is 5.69 Å². The molecule has 0 spiro atoms. The van der Waals surface area contributed by atoms with Crippen molar-refractivity contribution < 1.29 is 14.3 Å². The summed E-state index contributed by atoms with van der Waals surface area (Å²) in [6.45, 7) is 1.82. The van der Waals surface area contributed by atoms with Crippen molar-refractivity contribution in [1.82, 2.24) is 4.57 Å². The Bertz CT molecular complexity index is 1410. The molecule has 0 bridgehead atoms. The number of ether oxygens (including phenoxy) is 1. The van der Waals surface area contributed by atoms with Crippen molar-refractivity contribution in [3.05, 3.63) is 105 Å². The van der Waals surface area contributed by atoms with Crippen molar-refractivity contribution in [2.45, 2.75) is 13.5 Å². The zero-order chi connectivity index (χ0) is 23.5. The van der Waals surface area contributed by atoms with Crippen LogP contribution in [0.25, 0.3) is 10.9 Å². The molecule has 0 saturated heterocycles. The molecule has 1 amide bonds. The van der Waals surface area contributed by atoms with Gasteiger partial charge in [-0.2, -0.15) is 0 Å². The lowest BCUT2D eigenvalue weighted by Crippen LogP contribution is -2.24. The van der Waals surface area contributed by atoms with E-state index in [1.807, 2.05) is 19.1 Å². The van der Waals surface area contributed by atoms with Gasteiger partial charge in [-0.15, -0.1) is 0 Å². The number of halogens is 1. The van der Waals surface area contributed by atoms with Crippen molar-refractivity contribution in [2.24, 2.45) is 0 Å². The van der Waals surface area contributed by atoms with Crippen LogP contribution < -0.4 is 15.5 Å². The Hall–Kier alpha value is -3.90. The highest BCUT2D eigenvalue weighted by atomic mass is 35.5. The fourth-order valence-electron chi connectivity index (χ4n) is 3.55. The number of fused-ring (bicyclic) bond motifs is 1. The highest BCUT2D eigenvalue weighted by Gasteiger charge is 2.18. The molecule has 7 heteroatoms. The number of ketones is 1. The summed E-state index contributed by atoms with van der Waals surface area (Å²) in [4.78, 5) is 39.1. The zero-order valence-electron chi connectivity index (χ0n) is 18.1. The summed E-state index contributed by atoms with van der Waals surface area (Å²) in [7, 11) is 1.57. The van der Waals surface area contributed by atoms with Gasteiger partial charge in [-0.25, -0.2) is 0 Å². The summed E-state index contributed by atoms with van der Waals surface area (Å²) in [5.74, 6) is -0.0458. The third-order valence-electron chi connectivity index (χ3n) is 5.29. The van der Waals surface area contributed by atoms with Crippen LogP contribution >= 0.6 is 11.6 Å². The zero-order valence-corrected chi connectivity index (χ0v) is 18.8. The Morgan fingerprint density at radius 2 is 1.70 bits per heavy atom. The fraction of sp³-hybridized carbons (Fsp3) is 0.115. The van der Waals surface area contributed by atoms with Gasteiger partial charge >= 0.3 is 0 Å². The van der Waals surface area contributed by atoms with Gasteiger partial charge in [0.05, 0.1) is 18.2 Å². The van der Waals surface area contributed by atoms with Crippen molar-refractivity contribution in [3.8, 4) is 5.75 Å². The molecule has 4 rings (SSSR count). The molecular weight excluding hydrogens is 440 g/mol. The average Bonchev–Trinajstić information content (AvgIpc) is 2.81. The minimum absolute atomic E-state index is 0.0223. The molecule has 0 aliphatic rings. The topological polar surface area (TPSA) is 77.4 Å². The smallest absolute Gasteiger partial charge is 0.244 e. The number of anilines is 1. The number of aryl methyl sites for hydroxylation is 1. The molecule has 0 fully saturated rings. The van der Waals surface area contributed by atoms with Crippen molar-refractivity contribution >= 4 is 39.9 Å². The van der Waals surface area contributed by atoms with Crippen LogP contribution in [0.2, 0.25) is 5.02 Å². The normalized spacial score (nSPS) is 10.8. The number of nitrogens with one attached hydrogen (secondary N) is 1. The third kappa shape index (κ3) is 4.81. The first-order valence-electron chi connectivity index (χ1n) is 10.2. The van der Waals surface area contributed by atoms with E-state index in [9.17, 15) is 14.4 Å². The van der Waals surface area contributed by atoms with E-state index in [1.165, 1.54) is 12.3 Å². The minimum Gasteiger partial charge on any atom is -0.497 e. The number of pyridine rings is 1. The molecule has 0 aliphatic carbocycles. The van der Waals surface area contributed by atoms with Gasteiger partial charge in [0.2, 0.25) is 11.3 Å². The number of hydrogen-bond acceptors (Lipinski definition) is 4. The highest BCUT2D eigenvalue weighted by molar-refractivity contribution is 6.31. The Labute approximate surface area is 195 Å². The Kier molecular flexibility index (Phi) is 6.29. The lowest BCUT2D eigenvalue weighted by Gasteiger charge is -2.14. The lowest BCUT2D eigenvalue weighted by molar-refractivity contribution is -0.116. The monoisotopic (exact) mass is 460 g/mol. The predicted octanol–water partition coefficient (Wildman–Crippen LogP) is 4.84. The second-order valence-corrected chi connectivity index (χ2v) is 8.07. The van der Waals surface area contributed by atoms with Crippen LogP contribution in [0.5, 0.6) is 5.75 Å². The third-order valence-corrected chi connectivity index (χ3v) is 5.52. The summed E-state index contributed by atoms with van der Waals surface area (Å²) >= 11 is 6.12. The number of amides is 1. The van der Waals surface area contributed by atoms with E-state index in [4.69, 9.17) is 16.3 Å². The van der Waals surface area contributed by atoms with Gasteiger partial charge < -0.3 is 14.6 Å². The molecule has 0 radical (unpaired) electrons. The maximum atomic E-state index is 13.1. The lowest BCUT2D eigenvalue weighted by atomic mass is 10.0. The van der Waals surface area contributed by atoms with Gasteiger partial charge in [-0.05, 0) is 49.4 Å². The molecule has 1 heterocycles. The maximum Gasteiger partial charge on any atom is 0.244 e. The van der Waals surface area contributed by atoms with Crippen LogP contribution in [0.1, 0.15) is 21.5 Å².